The first-order valence-corrected chi connectivity index (χ1v) is 8.64. The second kappa shape index (κ2) is 7.87. The minimum atomic E-state index is -1.38. The molecule has 3 aromatic rings. The third-order valence-corrected chi connectivity index (χ3v) is 4.38. The Bertz CT molecular complexity index is 1010. The molecule has 0 fully saturated rings. The van der Waals surface area contributed by atoms with E-state index in [2.05, 4.69) is 15.2 Å². The molecule has 0 amide bonds. The molecule has 2 heterocycles. The number of carboxylic acids is 1. The first-order chi connectivity index (χ1) is 13.0. The van der Waals surface area contributed by atoms with E-state index < -0.39 is 10.9 Å². The number of aromatic nitrogens is 3. The fraction of sp³-hybridized carbons (Fsp3) is 0.118. The summed E-state index contributed by atoms with van der Waals surface area (Å²) in [7, 11) is 0. The Morgan fingerprint density at radius 3 is 2.63 bits per heavy atom. The van der Waals surface area contributed by atoms with Crippen LogP contribution in [0, 0.1) is 10.1 Å². The molecule has 0 saturated carbocycles. The minimum absolute atomic E-state index is 0.0287. The molecule has 138 valence electrons. The number of nitrogens with one attached hydrogen (secondary N) is 1. The molecule has 0 atom stereocenters. The average Bonchev–Trinajstić information content (AvgIpc) is 3.30. The van der Waals surface area contributed by atoms with Gasteiger partial charge >= 0.3 is 0 Å². The molecule has 0 spiro atoms. The predicted octanol–water partition coefficient (Wildman–Crippen LogP) is 2.42. The Balaban J connectivity index is 1.82. The first kappa shape index (κ1) is 18.4. The van der Waals surface area contributed by atoms with E-state index in [1.165, 1.54) is 18.2 Å². The zero-order chi connectivity index (χ0) is 19.4. The van der Waals surface area contributed by atoms with Crippen LogP contribution < -0.4 is 5.11 Å². The lowest BCUT2D eigenvalue weighted by Crippen LogP contribution is -2.23. The van der Waals surface area contributed by atoms with Crippen molar-refractivity contribution in [3.63, 3.8) is 0 Å². The summed E-state index contributed by atoms with van der Waals surface area (Å²) in [6.07, 6.45) is 1.96. The van der Waals surface area contributed by atoms with Crippen molar-refractivity contribution in [3.8, 4) is 11.3 Å². The van der Waals surface area contributed by atoms with E-state index in [-0.39, 0.29) is 15.7 Å². The van der Waals surface area contributed by atoms with E-state index in [1.807, 2.05) is 6.92 Å². The Labute approximate surface area is 157 Å². The topological polar surface area (TPSA) is 138 Å². The second-order valence-electron chi connectivity index (χ2n) is 5.32. The zero-order valence-corrected chi connectivity index (χ0v) is 14.9. The summed E-state index contributed by atoms with van der Waals surface area (Å²) in [5, 5.41) is 29.0. The van der Waals surface area contributed by atoms with Crippen molar-refractivity contribution < 1.29 is 19.2 Å². The fourth-order valence-electron chi connectivity index (χ4n) is 2.17. The Morgan fingerprint density at radius 2 is 2.04 bits per heavy atom. The number of benzene rings is 1. The quantitative estimate of drug-likeness (QED) is 0.283. The average molecular weight is 385 g/mol. The van der Waals surface area contributed by atoms with Crippen LogP contribution >= 0.6 is 11.8 Å². The molecule has 9 nitrogen and oxygen atoms in total. The zero-order valence-electron chi connectivity index (χ0n) is 14.0. The van der Waals surface area contributed by atoms with Crippen LogP contribution in [0.25, 0.3) is 17.4 Å². The van der Waals surface area contributed by atoms with Crippen molar-refractivity contribution in [2.75, 3.05) is 0 Å². The molecule has 0 aliphatic carbocycles. The van der Waals surface area contributed by atoms with Gasteiger partial charge in [-0.25, -0.2) is 4.98 Å². The number of carboxylic acid groups (broad SMARTS) is 1. The van der Waals surface area contributed by atoms with Gasteiger partial charge in [-0.1, -0.05) is 6.92 Å². The summed E-state index contributed by atoms with van der Waals surface area (Å²) in [6.45, 7) is 1.90. The van der Waals surface area contributed by atoms with Crippen LogP contribution in [0.1, 0.15) is 18.5 Å². The highest BCUT2D eigenvalue weighted by molar-refractivity contribution is 8.04. The molecule has 1 N–H and O–H groups in total. The van der Waals surface area contributed by atoms with E-state index in [0.717, 1.165) is 11.8 Å². The molecule has 2 aromatic heterocycles. The molecule has 10 heteroatoms. The number of nitrogens with zero attached hydrogens (tertiary/aromatic N) is 3. The van der Waals surface area contributed by atoms with Gasteiger partial charge in [-0.05, 0) is 42.1 Å². The van der Waals surface area contributed by atoms with Gasteiger partial charge in [0.1, 0.15) is 17.3 Å². The highest BCUT2D eigenvalue weighted by Gasteiger charge is 2.11. The maximum Gasteiger partial charge on any atom is 0.269 e. The molecule has 0 saturated heterocycles. The smallest absolute Gasteiger partial charge is 0.269 e. The van der Waals surface area contributed by atoms with E-state index in [9.17, 15) is 20.0 Å². The maximum atomic E-state index is 11.4. The first-order valence-electron chi connectivity index (χ1n) is 7.83. The largest absolute Gasteiger partial charge is 0.544 e. The highest BCUT2D eigenvalue weighted by Crippen LogP contribution is 2.28. The number of furan rings is 1. The molecule has 3 rings (SSSR count). The van der Waals surface area contributed by atoms with Crippen LogP contribution in [0.4, 0.5) is 5.69 Å². The van der Waals surface area contributed by atoms with Gasteiger partial charge in [0.05, 0.1) is 10.9 Å². The number of nitro groups is 1. The number of carbonyl (C=O) groups excluding carboxylic acids is 1. The van der Waals surface area contributed by atoms with Crippen LogP contribution in [0.2, 0.25) is 0 Å². The van der Waals surface area contributed by atoms with Crippen molar-refractivity contribution in [1.29, 1.82) is 0 Å². The number of aromatic amines is 1. The number of nitro benzene ring substituents is 1. The Kier molecular flexibility index (Phi) is 5.36. The molecule has 27 heavy (non-hydrogen) atoms. The fourth-order valence-corrected chi connectivity index (χ4v) is 2.87. The van der Waals surface area contributed by atoms with Crippen LogP contribution in [0.3, 0.4) is 0 Å². The van der Waals surface area contributed by atoms with Crippen molar-refractivity contribution >= 4 is 29.5 Å². The van der Waals surface area contributed by atoms with Gasteiger partial charge in [0.25, 0.3) is 5.69 Å². The van der Waals surface area contributed by atoms with Gasteiger partial charge in [0, 0.05) is 29.0 Å². The molecule has 0 radical (unpaired) electrons. The second-order valence-corrected chi connectivity index (χ2v) is 6.33. The lowest BCUT2D eigenvalue weighted by molar-refractivity contribution is -0.384. The van der Waals surface area contributed by atoms with Crippen LogP contribution in [-0.2, 0) is 11.2 Å². The summed E-state index contributed by atoms with van der Waals surface area (Å²) in [5.74, 6) is 0.0103. The van der Waals surface area contributed by atoms with Crippen molar-refractivity contribution in [2.45, 2.75) is 18.5 Å². The van der Waals surface area contributed by atoms with Gasteiger partial charge in [-0.2, -0.15) is 0 Å². The molecular weight excluding hydrogens is 372 g/mol. The monoisotopic (exact) mass is 385 g/mol. The lowest BCUT2D eigenvalue weighted by Gasteiger charge is -2.04. The summed E-state index contributed by atoms with van der Waals surface area (Å²) < 4.78 is 5.62. The van der Waals surface area contributed by atoms with Gasteiger partial charge < -0.3 is 14.3 Å². The van der Waals surface area contributed by atoms with Crippen molar-refractivity contribution in [2.24, 2.45) is 0 Å². The third-order valence-electron chi connectivity index (χ3n) is 3.51. The Hall–Kier alpha value is -3.40. The molecular formula is C17H13N4O5S-. The van der Waals surface area contributed by atoms with E-state index in [4.69, 9.17) is 4.42 Å². The highest BCUT2D eigenvalue weighted by atomic mass is 32.2. The minimum Gasteiger partial charge on any atom is -0.544 e. The number of carbonyl (C=O) groups is 1. The SMILES string of the molecule is CCc1nc(S/C(=C\c2ccc(-c3ccc([N+](=O)[O-])cc3)o2)C(=O)[O-])n[nH]1. The standard InChI is InChI=1S/C17H14N4O5S/c1-2-15-18-17(20-19-15)27-14(16(22)23)9-12-7-8-13(26-12)10-3-5-11(6-4-10)21(24)25/h3-9H,2H2,1H3,(H,22,23)(H,18,19,20)/p-1/b14-9-. The predicted molar refractivity (Wildman–Crippen MR) is 95.4 cm³/mol. The molecule has 0 aliphatic rings. The number of aliphatic carboxylic acids is 1. The number of rotatable bonds is 7. The van der Waals surface area contributed by atoms with Crippen LogP contribution in [0.5, 0.6) is 0 Å². The number of hydrogen-bond donors (Lipinski definition) is 1. The van der Waals surface area contributed by atoms with Crippen molar-refractivity contribution in [3.05, 3.63) is 63.0 Å². The third kappa shape index (κ3) is 4.42. The molecule has 0 bridgehead atoms. The van der Waals surface area contributed by atoms with Crippen LogP contribution in [0.15, 0.2) is 50.9 Å². The number of thioether (sulfide) groups is 1. The van der Waals surface area contributed by atoms with Gasteiger partial charge in [-0.3, -0.25) is 15.2 Å². The number of aryl methyl sites for hydroxylation is 1. The summed E-state index contributed by atoms with van der Waals surface area (Å²) in [4.78, 5) is 25.6. The summed E-state index contributed by atoms with van der Waals surface area (Å²) in [6, 6.07) is 9.08. The van der Waals surface area contributed by atoms with Gasteiger partial charge in [0.2, 0.25) is 5.16 Å². The maximum absolute atomic E-state index is 11.4. The molecule has 0 aliphatic heterocycles. The number of H-pyrrole nitrogens is 1. The van der Waals surface area contributed by atoms with Crippen molar-refractivity contribution in [1.82, 2.24) is 15.2 Å². The molecule has 0 unspecified atom stereocenters. The number of non-ortho nitro benzene ring substituents is 1. The van der Waals surface area contributed by atoms with Crippen LogP contribution in [-0.4, -0.2) is 26.1 Å². The summed E-state index contributed by atoms with van der Waals surface area (Å²) in [5.41, 5.74) is 0.600. The Morgan fingerprint density at radius 1 is 1.30 bits per heavy atom. The summed E-state index contributed by atoms with van der Waals surface area (Å²) >= 11 is 0.849. The number of hydrogen-bond acceptors (Lipinski definition) is 8. The van der Waals surface area contributed by atoms with E-state index >= 15 is 0 Å². The van der Waals surface area contributed by atoms with Gasteiger partial charge in [-0.15, -0.1) is 5.10 Å². The molecule has 1 aromatic carbocycles. The van der Waals surface area contributed by atoms with Gasteiger partial charge in [0.15, 0.2) is 0 Å². The van der Waals surface area contributed by atoms with E-state index in [1.54, 1.807) is 24.3 Å². The van der Waals surface area contributed by atoms with E-state index in [0.29, 0.717) is 29.3 Å². The lowest BCUT2D eigenvalue weighted by atomic mass is 10.1. The normalized spacial score (nSPS) is 11.5.